The van der Waals surface area contributed by atoms with Crippen LogP contribution in [0.15, 0.2) is 0 Å². The summed E-state index contributed by atoms with van der Waals surface area (Å²) in [5.41, 5.74) is -1.30. The van der Waals surface area contributed by atoms with Crippen molar-refractivity contribution in [1.82, 2.24) is 0 Å². The first-order valence-electron chi connectivity index (χ1n) is 8.66. The molecular weight excluding hydrogens is 352 g/mol. The zero-order chi connectivity index (χ0) is 19.6. The zero-order valence-electron chi connectivity index (χ0n) is 15.1. The fraction of sp³-hybridized carbons (Fsp3) is 1.00. The Morgan fingerprint density at radius 3 is 2.35 bits per heavy atom. The van der Waals surface area contributed by atoms with Crippen LogP contribution < -0.4 is 0 Å². The van der Waals surface area contributed by atoms with Crippen LogP contribution in [-0.4, -0.2) is 111 Å². The van der Waals surface area contributed by atoms with Crippen LogP contribution in [-0.2, 0) is 18.9 Å². The van der Waals surface area contributed by atoms with E-state index in [9.17, 15) is 30.6 Å². The topological polar surface area (TPSA) is 158 Å². The molecule has 0 spiro atoms. The van der Waals surface area contributed by atoms with Gasteiger partial charge in [-0.15, -0.1) is 0 Å². The van der Waals surface area contributed by atoms with Gasteiger partial charge in [0, 0.05) is 0 Å². The molecule has 10 heteroatoms. The summed E-state index contributed by atoms with van der Waals surface area (Å²) < 4.78 is 22.3. The maximum atomic E-state index is 10.5. The van der Waals surface area contributed by atoms with Crippen molar-refractivity contribution in [2.45, 2.75) is 81.5 Å². The van der Waals surface area contributed by atoms with Gasteiger partial charge in [0.05, 0.1) is 31.5 Å². The molecule has 10 nitrogen and oxygen atoms in total. The Kier molecular flexibility index (Phi) is 7.36. The molecule has 0 amide bonds. The summed E-state index contributed by atoms with van der Waals surface area (Å²) in [6.45, 7) is 3.33. The van der Waals surface area contributed by atoms with Crippen LogP contribution >= 0.6 is 0 Å². The average Bonchev–Trinajstić information content (AvgIpc) is 2.86. The fourth-order valence-corrected chi connectivity index (χ4v) is 3.14. The lowest BCUT2D eigenvalue weighted by Gasteiger charge is -2.43. The van der Waals surface area contributed by atoms with Gasteiger partial charge in [0.2, 0.25) is 0 Å². The Balaban J connectivity index is 2.11. The van der Waals surface area contributed by atoms with E-state index in [0.29, 0.717) is 0 Å². The van der Waals surface area contributed by atoms with Crippen molar-refractivity contribution < 1.29 is 49.6 Å². The highest BCUT2D eigenvalue weighted by atomic mass is 16.7. The van der Waals surface area contributed by atoms with Gasteiger partial charge >= 0.3 is 0 Å². The van der Waals surface area contributed by atoms with Crippen LogP contribution in [0.2, 0.25) is 0 Å². The molecular formula is C16H30O10. The van der Waals surface area contributed by atoms with Gasteiger partial charge in [-0.2, -0.15) is 0 Å². The minimum atomic E-state index is -1.45. The van der Waals surface area contributed by atoms with Crippen molar-refractivity contribution in [3.63, 3.8) is 0 Å². The number of ether oxygens (including phenoxy) is 4. The minimum Gasteiger partial charge on any atom is -0.394 e. The zero-order valence-corrected chi connectivity index (χ0v) is 15.1. The van der Waals surface area contributed by atoms with E-state index in [1.807, 2.05) is 0 Å². The van der Waals surface area contributed by atoms with Gasteiger partial charge in [-0.05, 0) is 20.8 Å². The summed E-state index contributed by atoms with van der Waals surface area (Å²) in [6.07, 6.45) is -9.29. The first kappa shape index (κ1) is 21.9. The molecule has 0 radical (unpaired) electrons. The third-order valence-corrected chi connectivity index (χ3v) is 4.63. The molecule has 2 saturated heterocycles. The monoisotopic (exact) mass is 382 g/mol. The maximum absolute atomic E-state index is 10.5. The molecule has 0 aliphatic carbocycles. The lowest BCUT2D eigenvalue weighted by molar-refractivity contribution is -0.297. The predicted octanol–water partition coefficient (Wildman–Crippen LogP) is -2.89. The molecule has 0 aromatic carbocycles. The van der Waals surface area contributed by atoms with Crippen LogP contribution in [0, 0.1) is 0 Å². The van der Waals surface area contributed by atoms with Crippen LogP contribution in [0.3, 0.4) is 0 Å². The molecule has 26 heavy (non-hydrogen) atoms. The van der Waals surface area contributed by atoms with E-state index in [4.69, 9.17) is 18.9 Å². The Morgan fingerprint density at radius 1 is 1.19 bits per heavy atom. The molecule has 2 fully saturated rings. The van der Waals surface area contributed by atoms with Gasteiger partial charge < -0.3 is 49.6 Å². The molecule has 9 atom stereocenters. The molecule has 6 N–H and O–H groups in total. The first-order valence-corrected chi connectivity index (χ1v) is 8.66. The number of fused-ring (bicyclic) bond motifs is 2. The van der Waals surface area contributed by atoms with Gasteiger partial charge in [-0.25, -0.2) is 0 Å². The Bertz CT molecular complexity index is 439. The van der Waals surface area contributed by atoms with Gasteiger partial charge in [0.1, 0.15) is 42.7 Å². The molecule has 2 aliphatic heterocycles. The lowest BCUT2D eigenvalue weighted by atomic mass is 9.88. The second-order valence-corrected chi connectivity index (χ2v) is 7.35. The molecule has 2 heterocycles. The second-order valence-electron chi connectivity index (χ2n) is 7.35. The number of aliphatic hydroxyl groups is 6. The fourth-order valence-electron chi connectivity index (χ4n) is 3.14. The third-order valence-electron chi connectivity index (χ3n) is 4.63. The van der Waals surface area contributed by atoms with Crippen molar-refractivity contribution in [3.8, 4) is 0 Å². The van der Waals surface area contributed by atoms with E-state index in [1.54, 1.807) is 0 Å². The smallest absolute Gasteiger partial charge is 0.186 e. The van der Waals surface area contributed by atoms with E-state index in [-0.39, 0.29) is 6.61 Å². The second kappa shape index (κ2) is 8.74. The summed E-state index contributed by atoms with van der Waals surface area (Å²) in [5.74, 6) is 0. The summed E-state index contributed by atoms with van der Waals surface area (Å²) in [6, 6.07) is 0. The van der Waals surface area contributed by atoms with Gasteiger partial charge in [0.25, 0.3) is 0 Å². The standard InChI is InChI=1S/C16H30O10/c1-7(19)9(5-18)25-15(8(20)4-17)26-12-10-6-23-13(12)11(21)14(24-10)16(2,3)22/h7-15,17-22H,4-6H2,1-3H3/t7-,8+,9?,10-,11?,12?,13?,14-,15?/m1/s1. The third kappa shape index (κ3) is 4.71. The van der Waals surface area contributed by atoms with Crippen molar-refractivity contribution in [3.05, 3.63) is 0 Å². The normalized spacial score (nSPS) is 36.6. The van der Waals surface area contributed by atoms with Crippen LogP contribution in [0.5, 0.6) is 0 Å². The van der Waals surface area contributed by atoms with Gasteiger partial charge in [-0.1, -0.05) is 0 Å². The Labute approximate surface area is 151 Å². The Morgan fingerprint density at radius 2 is 1.85 bits per heavy atom. The lowest BCUT2D eigenvalue weighted by Crippen LogP contribution is -2.61. The largest absolute Gasteiger partial charge is 0.394 e. The summed E-state index contributed by atoms with van der Waals surface area (Å²) in [4.78, 5) is 0. The number of aliphatic hydroxyl groups excluding tert-OH is 5. The highest BCUT2D eigenvalue weighted by Crippen LogP contribution is 2.36. The molecule has 0 saturated carbocycles. The first-order chi connectivity index (χ1) is 12.1. The molecule has 0 aromatic heterocycles. The maximum Gasteiger partial charge on any atom is 0.186 e. The summed E-state index contributed by atoms with van der Waals surface area (Å²) >= 11 is 0. The van der Waals surface area contributed by atoms with Crippen molar-refractivity contribution in [2.24, 2.45) is 0 Å². The quantitative estimate of drug-likeness (QED) is 0.229. The minimum absolute atomic E-state index is 0.112. The van der Waals surface area contributed by atoms with Crippen molar-refractivity contribution in [2.75, 3.05) is 19.8 Å². The molecule has 2 aliphatic rings. The highest BCUT2D eigenvalue weighted by Gasteiger charge is 2.56. The van der Waals surface area contributed by atoms with E-state index in [2.05, 4.69) is 0 Å². The molecule has 5 unspecified atom stereocenters. The average molecular weight is 382 g/mol. The summed E-state index contributed by atoms with van der Waals surface area (Å²) in [7, 11) is 0. The molecule has 2 rings (SSSR count). The van der Waals surface area contributed by atoms with Gasteiger partial charge in [0.15, 0.2) is 6.29 Å². The predicted molar refractivity (Wildman–Crippen MR) is 86.1 cm³/mol. The molecule has 0 aromatic rings. The molecule has 2 bridgehead atoms. The summed E-state index contributed by atoms with van der Waals surface area (Å²) in [5, 5.41) is 58.7. The van der Waals surface area contributed by atoms with Crippen LogP contribution in [0.1, 0.15) is 20.8 Å². The van der Waals surface area contributed by atoms with E-state index < -0.39 is 73.9 Å². The highest BCUT2D eigenvalue weighted by molar-refractivity contribution is 5.03. The van der Waals surface area contributed by atoms with E-state index in [1.165, 1.54) is 20.8 Å². The number of hydrogen-bond donors (Lipinski definition) is 6. The van der Waals surface area contributed by atoms with Gasteiger partial charge in [-0.3, -0.25) is 0 Å². The number of rotatable bonds is 9. The SMILES string of the molecule is C[C@@H](O)C(CO)OC(OC1C2OC[C@H]1O[C@@H](C(C)(C)O)C2O)[C@@H](O)CO. The number of hydrogen-bond acceptors (Lipinski definition) is 10. The Hall–Kier alpha value is -0.400. The van der Waals surface area contributed by atoms with Crippen LogP contribution in [0.25, 0.3) is 0 Å². The van der Waals surface area contributed by atoms with E-state index in [0.717, 1.165) is 0 Å². The molecule has 154 valence electrons. The van der Waals surface area contributed by atoms with Crippen molar-refractivity contribution >= 4 is 0 Å². The van der Waals surface area contributed by atoms with E-state index >= 15 is 0 Å². The van der Waals surface area contributed by atoms with Crippen molar-refractivity contribution in [1.29, 1.82) is 0 Å². The van der Waals surface area contributed by atoms with Crippen LogP contribution in [0.4, 0.5) is 0 Å².